The molecule has 0 saturated heterocycles. The Labute approximate surface area is 149 Å². The predicted octanol–water partition coefficient (Wildman–Crippen LogP) is 3.26. The van der Waals surface area contributed by atoms with E-state index in [1.807, 2.05) is 6.07 Å². The highest BCUT2D eigenvalue weighted by molar-refractivity contribution is 14.1. The number of urea groups is 1. The topological polar surface area (TPSA) is 63.2 Å². The Balaban J connectivity index is 1.47. The Kier molecular flexibility index (Phi) is 3.78. The molecular weight excluding hydrogens is 431 g/mol. The second-order valence-electron chi connectivity index (χ2n) is 5.76. The number of ether oxygens (including phenoxy) is 1. The van der Waals surface area contributed by atoms with E-state index in [2.05, 4.69) is 38.2 Å². The molecule has 2 heterocycles. The number of nitrogens with one attached hydrogen (secondary N) is 2. The van der Waals surface area contributed by atoms with Crippen LogP contribution in [-0.4, -0.2) is 23.7 Å². The van der Waals surface area contributed by atoms with Crippen molar-refractivity contribution < 1.29 is 18.3 Å². The number of rotatable bonds is 2. The van der Waals surface area contributed by atoms with E-state index in [0.29, 0.717) is 5.82 Å². The molecule has 2 N–H and O–H groups in total. The summed E-state index contributed by atoms with van der Waals surface area (Å²) in [6, 6.07) is 4.93. The molecule has 1 aromatic heterocycles. The Morgan fingerprint density at radius 1 is 1.25 bits per heavy atom. The number of pyridine rings is 1. The first-order valence-electron chi connectivity index (χ1n) is 7.34. The van der Waals surface area contributed by atoms with Gasteiger partial charge in [0.15, 0.2) is 11.6 Å². The van der Waals surface area contributed by atoms with E-state index in [-0.39, 0.29) is 35.8 Å². The van der Waals surface area contributed by atoms with Gasteiger partial charge in [-0.15, -0.1) is 0 Å². The number of amides is 2. The number of fused-ring (bicyclic) bond motifs is 3. The second kappa shape index (κ2) is 5.83. The lowest BCUT2D eigenvalue weighted by Gasteiger charge is -2.16. The Morgan fingerprint density at radius 2 is 2.04 bits per heavy atom. The van der Waals surface area contributed by atoms with Crippen LogP contribution in [0.2, 0.25) is 0 Å². The van der Waals surface area contributed by atoms with Gasteiger partial charge in [-0.1, -0.05) is 0 Å². The first-order valence-corrected chi connectivity index (χ1v) is 8.42. The molecule has 1 fully saturated rings. The summed E-state index contributed by atoms with van der Waals surface area (Å²) in [7, 11) is 0. The fourth-order valence-electron chi connectivity index (χ4n) is 3.11. The molecule has 8 heteroatoms. The summed E-state index contributed by atoms with van der Waals surface area (Å²) in [5.41, 5.74) is 0.212. The number of carbonyl (C=O) groups is 1. The Morgan fingerprint density at radius 3 is 2.79 bits per heavy atom. The van der Waals surface area contributed by atoms with Crippen molar-refractivity contribution in [3.8, 4) is 5.75 Å². The molecule has 1 saturated carbocycles. The van der Waals surface area contributed by atoms with Gasteiger partial charge >= 0.3 is 6.03 Å². The van der Waals surface area contributed by atoms with Crippen LogP contribution in [0.3, 0.4) is 0 Å². The molecule has 0 radical (unpaired) electrons. The lowest BCUT2D eigenvalue weighted by Crippen LogP contribution is -2.32. The van der Waals surface area contributed by atoms with E-state index < -0.39 is 17.7 Å². The average molecular weight is 443 g/mol. The van der Waals surface area contributed by atoms with Gasteiger partial charge in [-0.2, -0.15) is 0 Å². The number of nitrogens with zero attached hydrogens (tertiary/aromatic N) is 1. The fourth-order valence-corrected chi connectivity index (χ4v) is 3.43. The molecule has 0 bridgehead atoms. The molecule has 4 rings (SSSR count). The van der Waals surface area contributed by atoms with Crippen molar-refractivity contribution in [1.82, 2.24) is 10.3 Å². The number of anilines is 1. The number of hydrogen-bond donors (Lipinski definition) is 2. The van der Waals surface area contributed by atoms with Crippen LogP contribution in [0.4, 0.5) is 19.4 Å². The fraction of sp³-hybridized carbons (Fsp3) is 0.250. The zero-order valence-electron chi connectivity index (χ0n) is 12.2. The number of aromatic nitrogens is 1. The van der Waals surface area contributed by atoms with E-state index in [1.54, 1.807) is 12.3 Å². The van der Waals surface area contributed by atoms with Crippen LogP contribution in [0.1, 0.15) is 11.5 Å². The first kappa shape index (κ1) is 15.6. The summed E-state index contributed by atoms with van der Waals surface area (Å²) in [6.07, 6.45) is 1.63. The van der Waals surface area contributed by atoms with Gasteiger partial charge in [-0.3, -0.25) is 5.32 Å². The van der Waals surface area contributed by atoms with Crippen LogP contribution >= 0.6 is 22.6 Å². The lowest BCUT2D eigenvalue weighted by molar-refractivity contribution is 0.247. The van der Waals surface area contributed by atoms with Gasteiger partial charge in [0.2, 0.25) is 0 Å². The van der Waals surface area contributed by atoms with E-state index in [0.717, 1.165) is 15.7 Å². The largest absolute Gasteiger partial charge is 0.490 e. The lowest BCUT2D eigenvalue weighted by atomic mass is 10.0. The van der Waals surface area contributed by atoms with Gasteiger partial charge in [0.1, 0.15) is 11.6 Å². The third-order valence-electron chi connectivity index (χ3n) is 4.28. The summed E-state index contributed by atoms with van der Waals surface area (Å²) in [4.78, 5) is 16.2. The maximum absolute atomic E-state index is 14.0. The average Bonchev–Trinajstić information content (AvgIpc) is 3.26. The quantitative estimate of drug-likeness (QED) is 0.701. The monoisotopic (exact) mass is 443 g/mol. The normalized spacial score (nSPS) is 23.5. The highest BCUT2D eigenvalue weighted by Crippen LogP contribution is 2.55. The summed E-state index contributed by atoms with van der Waals surface area (Å²) in [5, 5.41) is 5.41. The molecule has 3 atom stereocenters. The van der Waals surface area contributed by atoms with Crippen LogP contribution in [-0.2, 0) is 0 Å². The van der Waals surface area contributed by atoms with Crippen LogP contribution in [0.5, 0.6) is 5.75 Å². The molecule has 1 aliphatic carbocycles. The third kappa shape index (κ3) is 2.68. The minimum Gasteiger partial charge on any atom is -0.490 e. The molecule has 2 aromatic rings. The number of carbonyl (C=O) groups excluding carboxylic acids is 1. The first-order chi connectivity index (χ1) is 11.5. The Bertz CT molecular complexity index is 816. The van der Waals surface area contributed by atoms with Crippen molar-refractivity contribution in [2.24, 2.45) is 5.92 Å². The van der Waals surface area contributed by atoms with Crippen LogP contribution in [0.25, 0.3) is 0 Å². The smallest absolute Gasteiger partial charge is 0.320 e. The number of benzene rings is 1. The summed E-state index contributed by atoms with van der Waals surface area (Å²) in [6.45, 7) is 0.255. The maximum Gasteiger partial charge on any atom is 0.320 e. The maximum atomic E-state index is 14.0. The van der Waals surface area contributed by atoms with Gasteiger partial charge in [-0.05, 0) is 46.9 Å². The van der Waals surface area contributed by atoms with Gasteiger partial charge in [-0.25, -0.2) is 18.6 Å². The SMILES string of the molecule is O=C(Nc1ccc(I)cn1)N[C@@H]1[C@@H]2COc3c(F)ccc(F)c3[C@@H]21. The van der Waals surface area contributed by atoms with E-state index in [4.69, 9.17) is 4.74 Å². The summed E-state index contributed by atoms with van der Waals surface area (Å²) >= 11 is 2.12. The van der Waals surface area contributed by atoms with Gasteiger partial charge in [0, 0.05) is 33.2 Å². The van der Waals surface area contributed by atoms with E-state index >= 15 is 0 Å². The van der Waals surface area contributed by atoms with Crippen molar-refractivity contribution in [2.45, 2.75) is 12.0 Å². The highest BCUT2D eigenvalue weighted by atomic mass is 127. The molecule has 1 aliphatic heterocycles. The number of hydrogen-bond acceptors (Lipinski definition) is 3. The minimum absolute atomic E-state index is 0.0414. The molecule has 1 aromatic carbocycles. The second-order valence-corrected chi connectivity index (χ2v) is 7.00. The molecule has 5 nitrogen and oxygen atoms in total. The van der Waals surface area contributed by atoms with E-state index in [9.17, 15) is 13.6 Å². The van der Waals surface area contributed by atoms with Crippen molar-refractivity contribution in [3.63, 3.8) is 0 Å². The van der Waals surface area contributed by atoms with Crippen LogP contribution < -0.4 is 15.4 Å². The van der Waals surface area contributed by atoms with Crippen molar-refractivity contribution >= 4 is 34.4 Å². The molecule has 0 unspecified atom stereocenters. The number of halogens is 3. The minimum atomic E-state index is -0.581. The molecule has 24 heavy (non-hydrogen) atoms. The van der Waals surface area contributed by atoms with Gasteiger partial charge in [0.05, 0.1) is 6.61 Å². The van der Waals surface area contributed by atoms with Gasteiger partial charge in [0.25, 0.3) is 0 Å². The highest BCUT2D eigenvalue weighted by Gasteiger charge is 2.57. The zero-order chi connectivity index (χ0) is 16.8. The summed E-state index contributed by atoms with van der Waals surface area (Å²) < 4.78 is 34.1. The summed E-state index contributed by atoms with van der Waals surface area (Å²) in [5.74, 6) is -1.03. The van der Waals surface area contributed by atoms with Crippen LogP contribution in [0, 0.1) is 21.1 Å². The predicted molar refractivity (Wildman–Crippen MR) is 91.0 cm³/mol. The van der Waals surface area contributed by atoms with Crippen molar-refractivity contribution in [3.05, 3.63) is 51.2 Å². The molecule has 2 amide bonds. The molecule has 124 valence electrons. The molecule has 0 spiro atoms. The third-order valence-corrected chi connectivity index (χ3v) is 4.92. The van der Waals surface area contributed by atoms with Gasteiger partial charge < -0.3 is 10.1 Å². The molecule has 2 aliphatic rings. The van der Waals surface area contributed by atoms with Crippen molar-refractivity contribution in [2.75, 3.05) is 11.9 Å². The Hall–Kier alpha value is -1.97. The standard InChI is InChI=1S/C16H12F2IN3O2/c17-9-2-3-10(18)15-13(9)12-8(6-24-15)14(12)22-16(23)21-11-4-1-7(19)5-20-11/h1-5,8,12,14H,6H2,(H2,20,21,22,23)/t8-,12-,14-/m1/s1. The zero-order valence-corrected chi connectivity index (χ0v) is 14.4. The van der Waals surface area contributed by atoms with Crippen LogP contribution in [0.15, 0.2) is 30.5 Å². The van der Waals surface area contributed by atoms with E-state index in [1.165, 1.54) is 0 Å². The van der Waals surface area contributed by atoms with Crippen molar-refractivity contribution in [1.29, 1.82) is 0 Å². The molecular formula is C16H12F2IN3O2.